The maximum Gasteiger partial charge on any atom is 0.254 e. The summed E-state index contributed by atoms with van der Waals surface area (Å²) < 4.78 is 1.59. The Morgan fingerprint density at radius 2 is 1.81 bits per heavy atom. The molecule has 3 N–H and O–H groups in total. The van der Waals surface area contributed by atoms with E-state index < -0.39 is 5.91 Å². The lowest BCUT2D eigenvalue weighted by Gasteiger charge is -2.11. The quantitative estimate of drug-likeness (QED) is 0.503. The standard InChI is InChI=1S/C23H22N6O2/c1-14-18(15(2)29-23(27-14)19(13-26-29)22(24)31)9-11-21(30)28-20-10-8-17(12-25-20)16-6-4-3-5-7-16/h3-8,10,12-13H,9,11H2,1-2H3,(H2,24,31)(H,25,28,30). The Morgan fingerprint density at radius 1 is 1.03 bits per heavy atom. The summed E-state index contributed by atoms with van der Waals surface area (Å²) in [5.41, 5.74) is 10.6. The Balaban J connectivity index is 1.44. The molecule has 0 atom stereocenters. The van der Waals surface area contributed by atoms with Crippen LogP contribution < -0.4 is 11.1 Å². The van der Waals surface area contributed by atoms with Crippen LogP contribution in [0, 0.1) is 13.8 Å². The zero-order valence-corrected chi connectivity index (χ0v) is 17.3. The van der Waals surface area contributed by atoms with Crippen molar-refractivity contribution in [1.29, 1.82) is 0 Å². The highest BCUT2D eigenvalue weighted by molar-refractivity contribution is 5.98. The molecular weight excluding hydrogens is 392 g/mol. The summed E-state index contributed by atoms with van der Waals surface area (Å²) >= 11 is 0. The van der Waals surface area contributed by atoms with Crippen molar-refractivity contribution < 1.29 is 9.59 Å². The molecule has 8 nitrogen and oxygen atoms in total. The number of hydrogen-bond donors (Lipinski definition) is 2. The fraction of sp³-hybridized carbons (Fsp3) is 0.174. The van der Waals surface area contributed by atoms with Crippen molar-refractivity contribution in [3.8, 4) is 11.1 Å². The highest BCUT2D eigenvalue weighted by Gasteiger charge is 2.17. The van der Waals surface area contributed by atoms with E-state index >= 15 is 0 Å². The molecule has 2 amide bonds. The first kappa shape index (κ1) is 20.2. The molecule has 4 rings (SSSR count). The lowest BCUT2D eigenvalue weighted by Crippen LogP contribution is -2.15. The number of carbonyl (C=O) groups is 2. The van der Waals surface area contributed by atoms with Gasteiger partial charge in [0, 0.05) is 29.6 Å². The number of amides is 2. The van der Waals surface area contributed by atoms with Gasteiger partial charge in [0.05, 0.1) is 6.20 Å². The number of pyridine rings is 1. The highest BCUT2D eigenvalue weighted by Crippen LogP contribution is 2.20. The van der Waals surface area contributed by atoms with Crippen LogP contribution in [0.1, 0.15) is 33.7 Å². The van der Waals surface area contributed by atoms with Crippen molar-refractivity contribution in [1.82, 2.24) is 19.6 Å². The predicted molar refractivity (Wildman–Crippen MR) is 118 cm³/mol. The molecule has 4 aromatic rings. The molecule has 156 valence electrons. The van der Waals surface area contributed by atoms with E-state index in [1.54, 1.807) is 16.8 Å². The average Bonchev–Trinajstić information content (AvgIpc) is 3.19. The van der Waals surface area contributed by atoms with Gasteiger partial charge in [-0.2, -0.15) is 5.10 Å². The molecule has 0 spiro atoms. The summed E-state index contributed by atoms with van der Waals surface area (Å²) in [7, 11) is 0. The van der Waals surface area contributed by atoms with Crippen LogP contribution in [0.2, 0.25) is 0 Å². The fourth-order valence-electron chi connectivity index (χ4n) is 3.56. The number of primary amides is 1. The second-order valence-corrected chi connectivity index (χ2v) is 7.27. The van der Waals surface area contributed by atoms with Crippen LogP contribution in [-0.4, -0.2) is 31.4 Å². The molecule has 0 fully saturated rings. The van der Waals surface area contributed by atoms with Crippen molar-refractivity contribution in [3.63, 3.8) is 0 Å². The van der Waals surface area contributed by atoms with Crippen LogP contribution in [-0.2, 0) is 11.2 Å². The Hall–Kier alpha value is -4.07. The third kappa shape index (κ3) is 4.13. The molecule has 0 unspecified atom stereocenters. The normalized spacial score (nSPS) is 10.9. The first-order valence-corrected chi connectivity index (χ1v) is 9.89. The van der Waals surface area contributed by atoms with Crippen LogP contribution in [0.4, 0.5) is 5.82 Å². The van der Waals surface area contributed by atoms with Crippen molar-refractivity contribution >= 4 is 23.3 Å². The van der Waals surface area contributed by atoms with E-state index in [9.17, 15) is 9.59 Å². The molecule has 1 aromatic carbocycles. The summed E-state index contributed by atoms with van der Waals surface area (Å²) in [5.74, 6) is -0.207. The number of fused-ring (bicyclic) bond motifs is 1. The number of rotatable bonds is 6. The van der Waals surface area contributed by atoms with Crippen LogP contribution in [0.3, 0.4) is 0 Å². The summed E-state index contributed by atoms with van der Waals surface area (Å²) in [6.07, 6.45) is 3.91. The van der Waals surface area contributed by atoms with Gasteiger partial charge in [-0.3, -0.25) is 9.59 Å². The van der Waals surface area contributed by atoms with Gasteiger partial charge in [-0.15, -0.1) is 0 Å². The van der Waals surface area contributed by atoms with Gasteiger partial charge in [-0.05, 0) is 43.5 Å². The summed E-state index contributed by atoms with van der Waals surface area (Å²) in [6.45, 7) is 3.73. The number of anilines is 1. The number of benzene rings is 1. The molecular formula is C23H22N6O2. The number of nitrogens with one attached hydrogen (secondary N) is 1. The van der Waals surface area contributed by atoms with E-state index in [1.165, 1.54) is 6.20 Å². The molecule has 3 heterocycles. The van der Waals surface area contributed by atoms with Gasteiger partial charge in [0.15, 0.2) is 5.65 Å². The maximum atomic E-state index is 12.5. The zero-order valence-electron chi connectivity index (χ0n) is 17.3. The van der Waals surface area contributed by atoms with Gasteiger partial charge in [0.1, 0.15) is 11.4 Å². The van der Waals surface area contributed by atoms with Gasteiger partial charge in [-0.1, -0.05) is 30.3 Å². The molecule has 3 aromatic heterocycles. The lowest BCUT2D eigenvalue weighted by molar-refractivity contribution is -0.116. The smallest absolute Gasteiger partial charge is 0.254 e. The van der Waals surface area contributed by atoms with Gasteiger partial charge >= 0.3 is 0 Å². The molecule has 0 aliphatic rings. The molecule has 0 aliphatic carbocycles. The molecule has 0 aliphatic heterocycles. The fourth-order valence-corrected chi connectivity index (χ4v) is 3.56. The Kier molecular flexibility index (Phi) is 5.44. The number of carbonyl (C=O) groups excluding carboxylic acids is 2. The molecule has 0 saturated carbocycles. The van der Waals surface area contributed by atoms with E-state index in [0.717, 1.165) is 28.1 Å². The first-order chi connectivity index (χ1) is 14.9. The van der Waals surface area contributed by atoms with E-state index in [2.05, 4.69) is 20.4 Å². The number of hydrogen-bond acceptors (Lipinski definition) is 5. The lowest BCUT2D eigenvalue weighted by atomic mass is 10.1. The van der Waals surface area contributed by atoms with E-state index in [1.807, 2.05) is 50.2 Å². The van der Waals surface area contributed by atoms with Crippen LogP contribution in [0.15, 0.2) is 54.9 Å². The minimum atomic E-state index is -0.570. The second-order valence-electron chi connectivity index (χ2n) is 7.27. The topological polar surface area (TPSA) is 115 Å². The number of nitrogens with zero attached hydrogens (tertiary/aromatic N) is 4. The Morgan fingerprint density at radius 3 is 2.48 bits per heavy atom. The van der Waals surface area contributed by atoms with Gasteiger partial charge in [-0.25, -0.2) is 14.5 Å². The third-order valence-electron chi connectivity index (χ3n) is 5.21. The predicted octanol–water partition coefficient (Wildman–Crippen LogP) is 3.08. The van der Waals surface area contributed by atoms with Crippen molar-refractivity contribution in [2.45, 2.75) is 26.7 Å². The monoisotopic (exact) mass is 414 g/mol. The minimum absolute atomic E-state index is 0.142. The van der Waals surface area contributed by atoms with E-state index in [-0.39, 0.29) is 17.9 Å². The minimum Gasteiger partial charge on any atom is -0.365 e. The average molecular weight is 414 g/mol. The number of aryl methyl sites for hydroxylation is 2. The largest absolute Gasteiger partial charge is 0.365 e. The SMILES string of the molecule is Cc1nc2c(C(N)=O)cnn2c(C)c1CCC(=O)Nc1ccc(-c2ccccc2)cn1. The van der Waals surface area contributed by atoms with Gasteiger partial charge < -0.3 is 11.1 Å². The number of nitrogens with two attached hydrogens (primary N) is 1. The van der Waals surface area contributed by atoms with Gasteiger partial charge in [0.25, 0.3) is 5.91 Å². The van der Waals surface area contributed by atoms with E-state index in [0.29, 0.717) is 17.9 Å². The highest BCUT2D eigenvalue weighted by atomic mass is 16.2. The Bertz CT molecular complexity index is 1260. The van der Waals surface area contributed by atoms with Crippen LogP contribution in [0.5, 0.6) is 0 Å². The summed E-state index contributed by atoms with van der Waals surface area (Å²) in [6, 6.07) is 13.6. The maximum absolute atomic E-state index is 12.5. The van der Waals surface area contributed by atoms with Crippen molar-refractivity contribution in [2.24, 2.45) is 5.73 Å². The van der Waals surface area contributed by atoms with Crippen LogP contribution >= 0.6 is 0 Å². The second kappa shape index (κ2) is 8.35. The molecule has 0 saturated heterocycles. The molecule has 0 bridgehead atoms. The van der Waals surface area contributed by atoms with Gasteiger partial charge in [0.2, 0.25) is 5.91 Å². The van der Waals surface area contributed by atoms with E-state index in [4.69, 9.17) is 5.73 Å². The van der Waals surface area contributed by atoms with Crippen molar-refractivity contribution in [2.75, 3.05) is 5.32 Å². The molecule has 31 heavy (non-hydrogen) atoms. The third-order valence-corrected chi connectivity index (χ3v) is 5.21. The number of aromatic nitrogens is 4. The zero-order chi connectivity index (χ0) is 22.0. The summed E-state index contributed by atoms with van der Waals surface area (Å²) in [5, 5.41) is 7.04. The first-order valence-electron chi connectivity index (χ1n) is 9.89. The molecule has 0 radical (unpaired) electrons. The summed E-state index contributed by atoms with van der Waals surface area (Å²) in [4.78, 5) is 32.8. The van der Waals surface area contributed by atoms with Crippen LogP contribution in [0.25, 0.3) is 16.8 Å². The Labute approximate surface area is 179 Å². The van der Waals surface area contributed by atoms with Crippen molar-refractivity contribution in [3.05, 3.63) is 77.4 Å². The molecule has 8 heteroatoms.